The molecule has 6 heteroatoms. The highest BCUT2D eigenvalue weighted by Crippen LogP contribution is 2.33. The predicted octanol–water partition coefficient (Wildman–Crippen LogP) is 1.94. The minimum absolute atomic E-state index is 0.0830. The van der Waals surface area contributed by atoms with E-state index in [4.69, 9.17) is 4.74 Å². The van der Waals surface area contributed by atoms with Crippen molar-refractivity contribution in [3.05, 3.63) is 54.4 Å². The zero-order valence-electron chi connectivity index (χ0n) is 14.1. The molecule has 130 valence electrons. The molecule has 2 aromatic rings. The number of carbonyl (C=O) groups excluding carboxylic acids is 2. The number of carbonyl (C=O) groups is 2. The Morgan fingerprint density at radius 2 is 2.04 bits per heavy atom. The number of aromatic nitrogens is 1. The highest BCUT2D eigenvalue weighted by Gasteiger charge is 2.31. The van der Waals surface area contributed by atoms with Crippen LogP contribution >= 0.6 is 0 Å². The van der Waals surface area contributed by atoms with E-state index in [9.17, 15) is 9.59 Å². The number of rotatable bonds is 6. The number of nitrogens with zero attached hydrogens (tertiary/aromatic N) is 2. The molecule has 1 aromatic heterocycles. The van der Waals surface area contributed by atoms with Gasteiger partial charge >= 0.3 is 0 Å². The van der Waals surface area contributed by atoms with Crippen molar-refractivity contribution in [2.75, 3.05) is 18.0 Å². The van der Waals surface area contributed by atoms with E-state index in [2.05, 4.69) is 10.3 Å². The number of ether oxygens (including phenoxy) is 1. The molecule has 1 aliphatic rings. The van der Waals surface area contributed by atoms with Gasteiger partial charge < -0.3 is 15.0 Å². The fraction of sp³-hybridized carbons (Fsp3) is 0.316. The van der Waals surface area contributed by atoms with E-state index in [1.54, 1.807) is 18.0 Å². The highest BCUT2D eigenvalue weighted by atomic mass is 16.5. The van der Waals surface area contributed by atoms with Gasteiger partial charge in [0.05, 0.1) is 5.69 Å². The molecular weight excluding hydrogens is 318 g/mol. The topological polar surface area (TPSA) is 71.5 Å². The summed E-state index contributed by atoms with van der Waals surface area (Å²) in [6.45, 7) is 2.58. The second kappa shape index (κ2) is 7.79. The summed E-state index contributed by atoms with van der Waals surface area (Å²) < 4.78 is 5.60. The van der Waals surface area contributed by atoms with E-state index in [1.807, 2.05) is 42.5 Å². The summed E-state index contributed by atoms with van der Waals surface area (Å²) in [6, 6.07) is 13.1. The zero-order valence-corrected chi connectivity index (χ0v) is 14.1. The van der Waals surface area contributed by atoms with E-state index in [0.717, 1.165) is 5.69 Å². The van der Waals surface area contributed by atoms with Crippen LogP contribution in [0.3, 0.4) is 0 Å². The molecule has 0 saturated carbocycles. The van der Waals surface area contributed by atoms with Crippen molar-refractivity contribution < 1.29 is 14.3 Å². The average molecular weight is 339 g/mol. The van der Waals surface area contributed by atoms with Crippen LogP contribution < -0.4 is 15.0 Å². The number of fused-ring (bicyclic) bond motifs is 1. The van der Waals surface area contributed by atoms with Crippen LogP contribution in [-0.4, -0.2) is 36.0 Å². The Bertz CT molecular complexity index is 749. The Kier molecular flexibility index (Phi) is 5.28. The fourth-order valence-electron chi connectivity index (χ4n) is 2.77. The van der Waals surface area contributed by atoms with Gasteiger partial charge in [0.2, 0.25) is 5.91 Å². The van der Waals surface area contributed by atoms with Crippen molar-refractivity contribution in [1.82, 2.24) is 10.3 Å². The normalized spacial score (nSPS) is 16.1. The van der Waals surface area contributed by atoms with Gasteiger partial charge in [-0.25, -0.2) is 0 Å². The quantitative estimate of drug-likeness (QED) is 0.873. The van der Waals surface area contributed by atoms with Gasteiger partial charge in [-0.1, -0.05) is 18.2 Å². The van der Waals surface area contributed by atoms with Crippen LogP contribution in [0.2, 0.25) is 0 Å². The number of anilines is 1. The van der Waals surface area contributed by atoms with Crippen LogP contribution in [0, 0.1) is 0 Å². The average Bonchev–Trinajstić information content (AvgIpc) is 2.63. The second-order valence-electron chi connectivity index (χ2n) is 5.89. The van der Waals surface area contributed by atoms with E-state index < -0.39 is 6.10 Å². The van der Waals surface area contributed by atoms with Crippen molar-refractivity contribution in [3.63, 3.8) is 0 Å². The molecule has 6 nitrogen and oxygen atoms in total. The van der Waals surface area contributed by atoms with Gasteiger partial charge in [-0.3, -0.25) is 14.6 Å². The van der Waals surface area contributed by atoms with E-state index >= 15 is 0 Å². The first-order valence-electron chi connectivity index (χ1n) is 8.39. The third-order valence-electron chi connectivity index (χ3n) is 4.07. The summed E-state index contributed by atoms with van der Waals surface area (Å²) in [7, 11) is 0. The highest BCUT2D eigenvalue weighted by molar-refractivity contribution is 6.00. The zero-order chi connectivity index (χ0) is 17.6. The molecule has 2 amide bonds. The fourth-order valence-corrected chi connectivity index (χ4v) is 2.77. The van der Waals surface area contributed by atoms with E-state index in [0.29, 0.717) is 30.9 Å². The van der Waals surface area contributed by atoms with Crippen molar-refractivity contribution in [2.24, 2.45) is 0 Å². The summed E-state index contributed by atoms with van der Waals surface area (Å²) in [4.78, 5) is 30.3. The van der Waals surface area contributed by atoms with Gasteiger partial charge in [-0.15, -0.1) is 0 Å². The van der Waals surface area contributed by atoms with Gasteiger partial charge in [0, 0.05) is 37.8 Å². The first-order valence-corrected chi connectivity index (χ1v) is 8.39. The van der Waals surface area contributed by atoms with Gasteiger partial charge in [-0.05, 0) is 31.2 Å². The van der Waals surface area contributed by atoms with Gasteiger partial charge in [0.25, 0.3) is 5.91 Å². The van der Waals surface area contributed by atoms with Crippen LogP contribution in [0.15, 0.2) is 48.7 Å². The van der Waals surface area contributed by atoms with E-state index in [1.165, 1.54) is 0 Å². The van der Waals surface area contributed by atoms with Crippen LogP contribution in [0.4, 0.5) is 5.69 Å². The Labute approximate surface area is 146 Å². The van der Waals surface area contributed by atoms with Crippen molar-refractivity contribution in [1.29, 1.82) is 0 Å². The molecule has 3 rings (SSSR count). The number of para-hydroxylation sites is 2. The Hall–Kier alpha value is -2.89. The van der Waals surface area contributed by atoms with E-state index in [-0.39, 0.29) is 18.2 Å². The number of hydrogen-bond donors (Lipinski definition) is 1. The lowest BCUT2D eigenvalue weighted by Crippen LogP contribution is -2.45. The van der Waals surface area contributed by atoms with Gasteiger partial charge in [0.1, 0.15) is 5.75 Å². The van der Waals surface area contributed by atoms with Crippen molar-refractivity contribution in [3.8, 4) is 5.75 Å². The minimum Gasteiger partial charge on any atom is -0.479 e. The Morgan fingerprint density at radius 3 is 2.84 bits per heavy atom. The summed E-state index contributed by atoms with van der Waals surface area (Å²) in [5, 5.41) is 2.87. The SMILES string of the molecule is CC1Oc2ccccc2N(CCC(=O)NCCc2ccccn2)C1=O. The molecule has 0 aliphatic carbocycles. The molecule has 1 aliphatic heterocycles. The standard InChI is InChI=1S/C19H21N3O3/c1-14-19(24)22(16-7-2-3-8-17(16)25-14)13-10-18(23)21-12-9-15-6-4-5-11-20-15/h2-8,11,14H,9-10,12-13H2,1H3,(H,21,23). The summed E-state index contributed by atoms with van der Waals surface area (Å²) >= 11 is 0. The number of pyridine rings is 1. The molecule has 1 N–H and O–H groups in total. The second-order valence-corrected chi connectivity index (χ2v) is 5.89. The first-order chi connectivity index (χ1) is 12.1. The molecule has 0 radical (unpaired) electrons. The van der Waals surface area contributed by atoms with Crippen molar-refractivity contribution >= 4 is 17.5 Å². The van der Waals surface area contributed by atoms with Crippen LogP contribution in [0.1, 0.15) is 19.0 Å². The van der Waals surface area contributed by atoms with Crippen LogP contribution in [0.5, 0.6) is 5.75 Å². The minimum atomic E-state index is -0.540. The smallest absolute Gasteiger partial charge is 0.267 e. The number of amides is 2. The molecule has 1 atom stereocenters. The predicted molar refractivity (Wildman–Crippen MR) is 94.5 cm³/mol. The molecule has 1 unspecified atom stereocenters. The molecule has 0 bridgehead atoms. The Morgan fingerprint density at radius 1 is 1.24 bits per heavy atom. The monoisotopic (exact) mass is 339 g/mol. The van der Waals surface area contributed by atoms with Crippen molar-refractivity contribution in [2.45, 2.75) is 25.9 Å². The third kappa shape index (κ3) is 4.15. The number of nitrogens with one attached hydrogen (secondary N) is 1. The lowest BCUT2D eigenvalue weighted by atomic mass is 10.1. The molecule has 0 saturated heterocycles. The maximum atomic E-state index is 12.4. The molecule has 0 fully saturated rings. The summed E-state index contributed by atoms with van der Waals surface area (Å²) in [5.41, 5.74) is 1.65. The van der Waals surface area contributed by atoms with Gasteiger partial charge in [-0.2, -0.15) is 0 Å². The van der Waals surface area contributed by atoms with Crippen LogP contribution in [0.25, 0.3) is 0 Å². The maximum Gasteiger partial charge on any atom is 0.267 e. The molecule has 0 spiro atoms. The maximum absolute atomic E-state index is 12.4. The molecule has 25 heavy (non-hydrogen) atoms. The summed E-state index contributed by atoms with van der Waals surface area (Å²) in [6.07, 6.45) is 2.12. The number of hydrogen-bond acceptors (Lipinski definition) is 4. The Balaban J connectivity index is 1.52. The third-order valence-corrected chi connectivity index (χ3v) is 4.07. The largest absolute Gasteiger partial charge is 0.479 e. The van der Waals surface area contributed by atoms with Crippen LogP contribution in [-0.2, 0) is 16.0 Å². The lowest BCUT2D eigenvalue weighted by Gasteiger charge is -2.32. The number of benzene rings is 1. The lowest BCUT2D eigenvalue weighted by molar-refractivity contribution is -0.125. The summed E-state index contributed by atoms with van der Waals surface area (Å²) in [5.74, 6) is 0.463. The molecule has 2 heterocycles. The molecule has 1 aromatic carbocycles. The van der Waals surface area contributed by atoms with Gasteiger partial charge in [0.15, 0.2) is 6.10 Å². The molecular formula is C19H21N3O3. The first kappa shape index (κ1) is 17.0.